The first kappa shape index (κ1) is 17.8. The van der Waals surface area contributed by atoms with Gasteiger partial charge in [-0.15, -0.1) is 0 Å². The number of carbonyl (C=O) groups excluding carboxylic acids is 1. The number of hydrogen-bond acceptors (Lipinski definition) is 5. The van der Waals surface area contributed by atoms with Gasteiger partial charge in [-0.1, -0.05) is 53.2 Å². The summed E-state index contributed by atoms with van der Waals surface area (Å²) in [6.07, 6.45) is 0. The van der Waals surface area contributed by atoms with E-state index in [9.17, 15) is 4.79 Å². The van der Waals surface area contributed by atoms with Gasteiger partial charge in [0.05, 0.1) is 16.5 Å². The van der Waals surface area contributed by atoms with Crippen molar-refractivity contribution < 1.29 is 9.21 Å². The van der Waals surface area contributed by atoms with Crippen LogP contribution < -0.4 is 5.43 Å². The monoisotopic (exact) mass is 393 g/mol. The Kier molecular flexibility index (Phi) is 5.63. The van der Waals surface area contributed by atoms with E-state index in [2.05, 4.69) is 15.5 Å². The van der Waals surface area contributed by atoms with Gasteiger partial charge >= 0.3 is 0 Å². The number of carbonyl (C=O) groups is 1. The molecule has 1 aromatic heterocycles. The summed E-state index contributed by atoms with van der Waals surface area (Å²) in [5.41, 5.74) is 5.24. The van der Waals surface area contributed by atoms with Gasteiger partial charge in [-0.05, 0) is 31.2 Å². The molecule has 0 aliphatic heterocycles. The van der Waals surface area contributed by atoms with Crippen molar-refractivity contribution in [2.24, 2.45) is 5.10 Å². The number of hydrazone groups is 1. The van der Waals surface area contributed by atoms with Crippen molar-refractivity contribution >= 4 is 57.7 Å². The zero-order valence-corrected chi connectivity index (χ0v) is 15.5. The van der Waals surface area contributed by atoms with Crippen LogP contribution in [-0.4, -0.2) is 22.4 Å². The fraction of sp³-hybridized carbons (Fsp3) is 0.118. The number of nitrogens with one attached hydrogen (secondary N) is 1. The third-order valence-corrected chi connectivity index (χ3v) is 4.65. The minimum atomic E-state index is -0.267. The van der Waals surface area contributed by atoms with Crippen molar-refractivity contribution in [3.63, 3.8) is 0 Å². The smallest absolute Gasteiger partial charge is 0.257 e. The van der Waals surface area contributed by atoms with Gasteiger partial charge in [0.25, 0.3) is 11.1 Å². The Labute approximate surface area is 158 Å². The molecule has 0 bridgehead atoms. The number of fused-ring (bicyclic) bond motifs is 1. The molecule has 1 amide bonds. The summed E-state index contributed by atoms with van der Waals surface area (Å²) < 4.78 is 5.55. The van der Waals surface area contributed by atoms with E-state index in [0.717, 1.165) is 5.52 Å². The maximum atomic E-state index is 11.9. The minimum Gasteiger partial charge on any atom is -0.431 e. The van der Waals surface area contributed by atoms with Crippen LogP contribution in [0.4, 0.5) is 0 Å². The number of oxazole rings is 1. The number of amides is 1. The Morgan fingerprint density at radius 2 is 2.08 bits per heavy atom. The van der Waals surface area contributed by atoms with Gasteiger partial charge in [0.1, 0.15) is 5.52 Å². The van der Waals surface area contributed by atoms with Crippen LogP contribution in [-0.2, 0) is 4.79 Å². The molecule has 0 aliphatic rings. The van der Waals surface area contributed by atoms with Gasteiger partial charge in [0.15, 0.2) is 5.58 Å². The standard InChI is InChI=1S/C17H13Cl2N3O2S/c1-10(12-7-6-11(18)8-13(12)19)21-22-16(23)9-25-17-20-14-4-2-3-5-15(14)24-17/h2-8H,9H2,1H3,(H,22,23). The fourth-order valence-corrected chi connectivity index (χ4v) is 3.24. The predicted octanol–water partition coefficient (Wildman–Crippen LogP) is 4.77. The maximum absolute atomic E-state index is 11.9. The quantitative estimate of drug-likeness (QED) is 0.385. The molecule has 1 N–H and O–H groups in total. The summed E-state index contributed by atoms with van der Waals surface area (Å²) in [7, 11) is 0. The van der Waals surface area contributed by atoms with Crippen molar-refractivity contribution in [2.75, 3.05) is 5.75 Å². The van der Waals surface area contributed by atoms with E-state index in [-0.39, 0.29) is 11.7 Å². The second-order valence-electron chi connectivity index (χ2n) is 5.09. The number of rotatable bonds is 5. The second kappa shape index (κ2) is 7.91. The number of benzene rings is 2. The molecule has 2 aromatic carbocycles. The number of thioether (sulfide) groups is 1. The van der Waals surface area contributed by atoms with Gasteiger partial charge in [-0.3, -0.25) is 4.79 Å². The zero-order valence-electron chi connectivity index (χ0n) is 13.1. The Bertz CT molecular complexity index is 923. The molecule has 0 aliphatic carbocycles. The highest BCUT2D eigenvalue weighted by Gasteiger charge is 2.09. The number of hydrogen-bond donors (Lipinski definition) is 1. The lowest BCUT2D eigenvalue weighted by Crippen LogP contribution is -2.21. The van der Waals surface area contributed by atoms with E-state index in [4.69, 9.17) is 27.6 Å². The van der Waals surface area contributed by atoms with Crippen LogP contribution in [0.2, 0.25) is 10.0 Å². The summed E-state index contributed by atoms with van der Waals surface area (Å²) in [4.78, 5) is 16.2. The summed E-state index contributed by atoms with van der Waals surface area (Å²) in [6, 6.07) is 12.5. The van der Waals surface area contributed by atoms with Crippen LogP contribution in [0.15, 0.2) is 57.2 Å². The molecule has 128 valence electrons. The van der Waals surface area contributed by atoms with Gasteiger partial charge < -0.3 is 4.42 Å². The Morgan fingerprint density at radius 3 is 2.84 bits per heavy atom. The van der Waals surface area contributed by atoms with Crippen LogP contribution in [0.5, 0.6) is 0 Å². The molecule has 0 saturated carbocycles. The number of nitrogens with zero attached hydrogens (tertiary/aromatic N) is 2. The van der Waals surface area contributed by atoms with Crippen molar-refractivity contribution in [3.05, 3.63) is 58.1 Å². The third kappa shape index (κ3) is 4.54. The molecule has 1 heterocycles. The average Bonchev–Trinajstić information content (AvgIpc) is 3.01. The molecule has 0 unspecified atom stereocenters. The number of para-hydroxylation sites is 2. The highest BCUT2D eigenvalue weighted by molar-refractivity contribution is 7.99. The van der Waals surface area contributed by atoms with E-state index < -0.39 is 0 Å². The first-order chi connectivity index (χ1) is 12.0. The first-order valence-electron chi connectivity index (χ1n) is 7.30. The lowest BCUT2D eigenvalue weighted by molar-refractivity contribution is -0.118. The van der Waals surface area contributed by atoms with Gasteiger partial charge in [0.2, 0.25) is 0 Å². The molecular weight excluding hydrogens is 381 g/mol. The average molecular weight is 394 g/mol. The first-order valence-corrected chi connectivity index (χ1v) is 9.04. The third-order valence-electron chi connectivity index (χ3n) is 3.27. The Morgan fingerprint density at radius 1 is 1.28 bits per heavy atom. The molecule has 0 saturated heterocycles. The van der Waals surface area contributed by atoms with Crippen LogP contribution in [0.3, 0.4) is 0 Å². The Balaban J connectivity index is 1.58. The van der Waals surface area contributed by atoms with Crippen molar-refractivity contribution in [1.82, 2.24) is 10.4 Å². The van der Waals surface area contributed by atoms with Crippen LogP contribution in [0, 0.1) is 0 Å². The molecular formula is C17H13Cl2N3O2S. The largest absolute Gasteiger partial charge is 0.431 e. The minimum absolute atomic E-state index is 0.137. The SMILES string of the molecule is CC(=NNC(=O)CSc1nc2ccccc2o1)c1ccc(Cl)cc1Cl. The van der Waals surface area contributed by atoms with E-state index >= 15 is 0 Å². The second-order valence-corrected chi connectivity index (χ2v) is 6.86. The number of halogens is 2. The molecule has 3 aromatic rings. The summed E-state index contributed by atoms with van der Waals surface area (Å²) >= 11 is 13.2. The molecule has 3 rings (SSSR count). The number of aromatic nitrogens is 1. The molecule has 5 nitrogen and oxygen atoms in total. The van der Waals surface area contributed by atoms with E-state index in [0.29, 0.717) is 32.1 Å². The van der Waals surface area contributed by atoms with Crippen LogP contribution in [0.1, 0.15) is 12.5 Å². The zero-order chi connectivity index (χ0) is 17.8. The molecule has 0 spiro atoms. The summed E-state index contributed by atoms with van der Waals surface area (Å²) in [6.45, 7) is 1.75. The van der Waals surface area contributed by atoms with Crippen molar-refractivity contribution in [3.8, 4) is 0 Å². The van der Waals surface area contributed by atoms with E-state index in [1.165, 1.54) is 11.8 Å². The fourth-order valence-electron chi connectivity index (χ4n) is 2.06. The van der Waals surface area contributed by atoms with E-state index in [1.807, 2.05) is 24.3 Å². The summed E-state index contributed by atoms with van der Waals surface area (Å²) in [5.74, 6) is -0.130. The highest BCUT2D eigenvalue weighted by Crippen LogP contribution is 2.23. The Hall–Kier alpha value is -2.02. The lowest BCUT2D eigenvalue weighted by atomic mass is 10.1. The molecule has 8 heteroatoms. The normalized spacial score (nSPS) is 11.7. The van der Waals surface area contributed by atoms with Crippen molar-refractivity contribution in [2.45, 2.75) is 12.1 Å². The van der Waals surface area contributed by atoms with Gasteiger partial charge in [-0.25, -0.2) is 10.4 Å². The molecule has 0 radical (unpaired) electrons. The predicted molar refractivity (Wildman–Crippen MR) is 102 cm³/mol. The summed E-state index contributed by atoms with van der Waals surface area (Å²) in [5, 5.41) is 5.53. The highest BCUT2D eigenvalue weighted by atomic mass is 35.5. The van der Waals surface area contributed by atoms with Gasteiger partial charge in [0, 0.05) is 10.6 Å². The van der Waals surface area contributed by atoms with E-state index in [1.54, 1.807) is 25.1 Å². The molecule has 0 fully saturated rings. The molecule has 0 atom stereocenters. The van der Waals surface area contributed by atoms with Gasteiger partial charge in [-0.2, -0.15) is 5.10 Å². The topological polar surface area (TPSA) is 67.5 Å². The molecule has 25 heavy (non-hydrogen) atoms. The maximum Gasteiger partial charge on any atom is 0.257 e. The van der Waals surface area contributed by atoms with Crippen LogP contribution >= 0.6 is 35.0 Å². The lowest BCUT2D eigenvalue weighted by Gasteiger charge is -2.05. The van der Waals surface area contributed by atoms with Crippen molar-refractivity contribution in [1.29, 1.82) is 0 Å². The van der Waals surface area contributed by atoms with Crippen LogP contribution in [0.25, 0.3) is 11.1 Å².